The van der Waals surface area contributed by atoms with Gasteiger partial charge in [-0.2, -0.15) is 4.98 Å². The highest BCUT2D eigenvalue weighted by Gasteiger charge is 2.19. The van der Waals surface area contributed by atoms with E-state index >= 15 is 0 Å². The summed E-state index contributed by atoms with van der Waals surface area (Å²) >= 11 is 0. The number of rotatable bonds is 6. The van der Waals surface area contributed by atoms with E-state index in [1.807, 2.05) is 19.9 Å². The van der Waals surface area contributed by atoms with Crippen molar-refractivity contribution < 1.29 is 4.74 Å². The van der Waals surface area contributed by atoms with Crippen LogP contribution in [0.2, 0.25) is 0 Å². The summed E-state index contributed by atoms with van der Waals surface area (Å²) in [4.78, 5) is 8.70. The monoisotopic (exact) mass is 277 g/mol. The van der Waals surface area contributed by atoms with Gasteiger partial charge in [-0.3, -0.25) is 0 Å². The molecule has 0 saturated heterocycles. The van der Waals surface area contributed by atoms with Crippen molar-refractivity contribution in [1.82, 2.24) is 9.97 Å². The maximum atomic E-state index is 5.46. The number of nitrogens with zero attached hydrogens (tertiary/aromatic N) is 2. The SMILES string of the molecule is CCOc1cc(NCC2CCC(CC)CC2)nc(C)n1. The predicted octanol–water partition coefficient (Wildman–Crippen LogP) is 3.81. The van der Waals surface area contributed by atoms with Gasteiger partial charge in [0.2, 0.25) is 5.88 Å². The van der Waals surface area contributed by atoms with Crippen LogP contribution < -0.4 is 10.1 Å². The third-order valence-electron chi connectivity index (χ3n) is 4.22. The van der Waals surface area contributed by atoms with E-state index in [0.717, 1.165) is 30.0 Å². The molecule has 112 valence electrons. The van der Waals surface area contributed by atoms with E-state index in [-0.39, 0.29) is 0 Å². The first-order valence-corrected chi connectivity index (χ1v) is 7.93. The number of anilines is 1. The number of hydrogen-bond acceptors (Lipinski definition) is 4. The largest absolute Gasteiger partial charge is 0.478 e. The van der Waals surface area contributed by atoms with Gasteiger partial charge in [-0.1, -0.05) is 26.2 Å². The lowest BCUT2D eigenvalue weighted by atomic mass is 9.81. The van der Waals surface area contributed by atoms with Crippen LogP contribution >= 0.6 is 0 Å². The predicted molar refractivity (Wildman–Crippen MR) is 82.2 cm³/mol. The number of aryl methyl sites for hydroxylation is 1. The highest BCUT2D eigenvalue weighted by atomic mass is 16.5. The molecular weight excluding hydrogens is 250 g/mol. The fourth-order valence-corrected chi connectivity index (χ4v) is 2.95. The van der Waals surface area contributed by atoms with Crippen LogP contribution in [0.5, 0.6) is 5.88 Å². The number of ether oxygens (including phenoxy) is 1. The van der Waals surface area contributed by atoms with Gasteiger partial charge in [0, 0.05) is 12.6 Å². The van der Waals surface area contributed by atoms with E-state index in [4.69, 9.17) is 4.74 Å². The zero-order valence-electron chi connectivity index (χ0n) is 13.0. The van der Waals surface area contributed by atoms with Gasteiger partial charge in [0.25, 0.3) is 0 Å². The molecule has 1 aromatic rings. The molecule has 0 amide bonds. The average Bonchev–Trinajstić information content (AvgIpc) is 2.45. The average molecular weight is 277 g/mol. The van der Waals surface area contributed by atoms with E-state index in [1.54, 1.807) is 0 Å². The smallest absolute Gasteiger partial charge is 0.218 e. The summed E-state index contributed by atoms with van der Waals surface area (Å²) in [6, 6.07) is 1.90. The maximum absolute atomic E-state index is 5.46. The molecule has 1 saturated carbocycles. The van der Waals surface area contributed by atoms with Crippen molar-refractivity contribution in [1.29, 1.82) is 0 Å². The molecule has 2 rings (SSSR count). The molecule has 1 fully saturated rings. The van der Waals surface area contributed by atoms with E-state index in [1.165, 1.54) is 32.1 Å². The molecule has 0 aliphatic heterocycles. The Hall–Kier alpha value is -1.32. The molecule has 0 atom stereocenters. The molecule has 20 heavy (non-hydrogen) atoms. The van der Waals surface area contributed by atoms with Crippen LogP contribution in [0.3, 0.4) is 0 Å². The van der Waals surface area contributed by atoms with Crippen LogP contribution in [0, 0.1) is 18.8 Å². The normalized spacial score (nSPS) is 22.6. The molecule has 1 heterocycles. The second-order valence-electron chi connectivity index (χ2n) is 5.75. The van der Waals surface area contributed by atoms with Crippen molar-refractivity contribution in [2.24, 2.45) is 11.8 Å². The molecule has 1 aliphatic carbocycles. The number of hydrogen-bond donors (Lipinski definition) is 1. The molecule has 1 N–H and O–H groups in total. The Kier molecular flexibility index (Phi) is 5.62. The Balaban J connectivity index is 1.84. The minimum absolute atomic E-state index is 0.636. The lowest BCUT2D eigenvalue weighted by molar-refractivity contribution is 0.278. The maximum Gasteiger partial charge on any atom is 0.218 e. The molecule has 0 aromatic carbocycles. The van der Waals surface area contributed by atoms with Gasteiger partial charge >= 0.3 is 0 Å². The molecule has 4 heteroatoms. The van der Waals surface area contributed by atoms with Gasteiger partial charge in [-0.15, -0.1) is 0 Å². The van der Waals surface area contributed by atoms with Crippen LogP contribution in [0.15, 0.2) is 6.07 Å². The van der Waals surface area contributed by atoms with Crippen LogP contribution in [-0.2, 0) is 0 Å². The third kappa shape index (κ3) is 4.36. The molecule has 4 nitrogen and oxygen atoms in total. The van der Waals surface area contributed by atoms with Gasteiger partial charge < -0.3 is 10.1 Å². The Morgan fingerprint density at radius 2 is 1.85 bits per heavy atom. The van der Waals surface area contributed by atoms with Gasteiger partial charge in [-0.25, -0.2) is 4.98 Å². The standard InChI is InChI=1S/C16H27N3O/c1-4-13-6-8-14(9-7-13)11-17-15-10-16(20-5-2)19-12(3)18-15/h10,13-14H,4-9,11H2,1-3H3,(H,17,18,19). The molecular formula is C16H27N3O. The van der Waals surface area contributed by atoms with E-state index in [9.17, 15) is 0 Å². The molecule has 1 aromatic heterocycles. The van der Waals surface area contributed by atoms with Crippen LogP contribution in [0.25, 0.3) is 0 Å². The summed E-state index contributed by atoms with van der Waals surface area (Å²) in [5, 5.41) is 3.46. The molecule has 0 spiro atoms. The zero-order chi connectivity index (χ0) is 14.4. The number of aromatic nitrogens is 2. The Morgan fingerprint density at radius 3 is 2.50 bits per heavy atom. The first-order valence-electron chi connectivity index (χ1n) is 7.93. The summed E-state index contributed by atoms with van der Waals surface area (Å²) in [6.45, 7) is 7.83. The quantitative estimate of drug-likeness (QED) is 0.859. The van der Waals surface area contributed by atoms with Gasteiger partial charge in [0.05, 0.1) is 6.61 Å². The summed E-state index contributed by atoms with van der Waals surface area (Å²) in [5.74, 6) is 4.05. The van der Waals surface area contributed by atoms with Crippen molar-refractivity contribution in [3.63, 3.8) is 0 Å². The van der Waals surface area contributed by atoms with Crippen molar-refractivity contribution in [3.05, 3.63) is 11.9 Å². The molecule has 1 aliphatic rings. The van der Waals surface area contributed by atoms with Gasteiger partial charge in [0.1, 0.15) is 11.6 Å². The fraction of sp³-hybridized carbons (Fsp3) is 0.750. The van der Waals surface area contributed by atoms with Crippen LogP contribution in [-0.4, -0.2) is 23.1 Å². The summed E-state index contributed by atoms with van der Waals surface area (Å²) in [6.07, 6.45) is 6.79. The lowest BCUT2D eigenvalue weighted by Gasteiger charge is -2.28. The van der Waals surface area contributed by atoms with Crippen molar-refractivity contribution >= 4 is 5.82 Å². The molecule has 0 radical (unpaired) electrons. The van der Waals surface area contributed by atoms with Crippen LogP contribution in [0.1, 0.15) is 51.8 Å². The van der Waals surface area contributed by atoms with E-state index in [0.29, 0.717) is 12.5 Å². The Morgan fingerprint density at radius 1 is 1.15 bits per heavy atom. The Labute approximate surface area is 122 Å². The first kappa shape index (κ1) is 15.1. The zero-order valence-corrected chi connectivity index (χ0v) is 13.0. The fourth-order valence-electron chi connectivity index (χ4n) is 2.95. The second kappa shape index (κ2) is 7.46. The summed E-state index contributed by atoms with van der Waals surface area (Å²) < 4.78 is 5.46. The van der Waals surface area contributed by atoms with Crippen molar-refractivity contribution in [2.75, 3.05) is 18.5 Å². The topological polar surface area (TPSA) is 47.0 Å². The van der Waals surface area contributed by atoms with Crippen molar-refractivity contribution in [2.45, 2.75) is 52.9 Å². The first-order chi connectivity index (χ1) is 9.71. The highest BCUT2D eigenvalue weighted by molar-refractivity contribution is 5.38. The summed E-state index contributed by atoms with van der Waals surface area (Å²) in [7, 11) is 0. The van der Waals surface area contributed by atoms with Crippen molar-refractivity contribution in [3.8, 4) is 5.88 Å². The van der Waals surface area contributed by atoms with Gasteiger partial charge in [0.15, 0.2) is 0 Å². The molecule has 0 unspecified atom stereocenters. The minimum Gasteiger partial charge on any atom is -0.478 e. The van der Waals surface area contributed by atoms with E-state index in [2.05, 4.69) is 22.2 Å². The number of nitrogens with one attached hydrogen (secondary N) is 1. The summed E-state index contributed by atoms with van der Waals surface area (Å²) in [5.41, 5.74) is 0. The van der Waals surface area contributed by atoms with E-state index < -0.39 is 0 Å². The molecule has 0 bridgehead atoms. The lowest BCUT2D eigenvalue weighted by Crippen LogP contribution is -2.21. The third-order valence-corrected chi connectivity index (χ3v) is 4.22. The second-order valence-corrected chi connectivity index (χ2v) is 5.75. The highest BCUT2D eigenvalue weighted by Crippen LogP contribution is 2.30. The Bertz CT molecular complexity index is 414. The van der Waals surface area contributed by atoms with Crippen LogP contribution in [0.4, 0.5) is 5.82 Å². The minimum atomic E-state index is 0.636. The van der Waals surface area contributed by atoms with Gasteiger partial charge in [-0.05, 0) is 38.5 Å².